The van der Waals surface area contributed by atoms with Crippen molar-refractivity contribution in [2.24, 2.45) is 0 Å². The highest BCUT2D eigenvalue weighted by Crippen LogP contribution is 2.25. The minimum absolute atomic E-state index is 0.868. The number of aromatic amines is 1. The molecule has 0 aliphatic carbocycles. The average molecular weight is 875 g/mol. The Morgan fingerprint density at radius 1 is 0.324 bits per heavy atom. The van der Waals surface area contributed by atoms with E-state index in [9.17, 15) is 0 Å². The average Bonchev–Trinajstić information content (AvgIpc) is 3.88. The molecule has 1 N–H and O–H groups in total. The van der Waals surface area contributed by atoms with Crippen molar-refractivity contribution in [1.29, 1.82) is 0 Å². The van der Waals surface area contributed by atoms with Crippen LogP contribution in [0.5, 0.6) is 5.75 Å². The van der Waals surface area contributed by atoms with Gasteiger partial charge in [0.15, 0.2) is 0 Å². The zero-order valence-electron chi connectivity index (χ0n) is 36.6. The van der Waals surface area contributed by atoms with Crippen LogP contribution in [0.2, 0.25) is 0 Å². The molecule has 0 saturated carbocycles. The van der Waals surface area contributed by atoms with E-state index < -0.39 is 0 Å². The lowest BCUT2D eigenvalue weighted by molar-refractivity contribution is 0.415. The standard InChI is InChI=1S/C54H2.C14H12N2O/c1-3-5-7-9-11-13-15-17-19-21-23-25-27-29-31-33-35-37-39-41-43-45-47-49-51-53-54-52-50-48-46-44-42-40-38-36-34-32-30-28-26-24-22-20-18-16-14-12-10-8-6-4-2;1-17-12-4-2-3-10(7-12)11-5-6-13-14(8-11)16-9-15-13/h1-2H;2-9H,1H3,(H,15,16). The first-order valence-corrected chi connectivity index (χ1v) is 18.8. The minimum atomic E-state index is 0.868. The van der Waals surface area contributed by atoms with E-state index in [1.807, 2.05) is 24.3 Å². The Morgan fingerprint density at radius 3 is 0.831 bits per heavy atom. The van der Waals surface area contributed by atoms with E-state index in [0.29, 0.717) is 0 Å². The van der Waals surface area contributed by atoms with Crippen LogP contribution in [0.3, 0.4) is 0 Å². The van der Waals surface area contributed by atoms with Crippen molar-refractivity contribution >= 4 is 11.0 Å². The summed E-state index contributed by atoms with van der Waals surface area (Å²) in [5.41, 5.74) is 4.32. The van der Waals surface area contributed by atoms with Crippen LogP contribution in [0.4, 0.5) is 0 Å². The Morgan fingerprint density at radius 2 is 0.577 bits per heavy atom. The lowest BCUT2D eigenvalue weighted by Crippen LogP contribution is -1.83. The number of benzene rings is 2. The molecule has 0 radical (unpaired) electrons. The molecule has 302 valence electrons. The molecule has 2 aromatic carbocycles. The molecule has 0 saturated heterocycles. The lowest BCUT2D eigenvalue weighted by atomic mass is 10.1. The van der Waals surface area contributed by atoms with Crippen LogP contribution in [0, 0.1) is 321 Å². The number of ether oxygens (including phenoxy) is 1. The monoisotopic (exact) mass is 874 g/mol. The number of imidazole rings is 1. The number of methoxy groups -OCH3 is 1. The number of nitrogens with one attached hydrogen (secondary N) is 1. The quantitative estimate of drug-likeness (QED) is 0.401. The zero-order valence-corrected chi connectivity index (χ0v) is 36.6. The molecule has 3 rings (SSSR count). The number of hydrogen-bond donors (Lipinski definition) is 1. The van der Waals surface area contributed by atoms with Gasteiger partial charge >= 0.3 is 0 Å². The van der Waals surface area contributed by atoms with Gasteiger partial charge in [0.25, 0.3) is 0 Å². The molecule has 0 spiro atoms. The number of rotatable bonds is 2. The summed E-state index contributed by atoms with van der Waals surface area (Å²) < 4.78 is 5.23. The maximum atomic E-state index is 5.23. The predicted molar refractivity (Wildman–Crippen MR) is 280 cm³/mol. The van der Waals surface area contributed by atoms with E-state index >= 15 is 0 Å². The van der Waals surface area contributed by atoms with E-state index in [4.69, 9.17) is 17.6 Å². The highest BCUT2D eigenvalue weighted by atomic mass is 16.5. The van der Waals surface area contributed by atoms with Crippen molar-refractivity contribution in [3.63, 3.8) is 0 Å². The summed E-state index contributed by atoms with van der Waals surface area (Å²) in [6.45, 7) is 0. The number of H-pyrrole nitrogens is 1. The predicted octanol–water partition coefficient (Wildman–Crippen LogP) is 3.58. The second-order valence-corrected chi connectivity index (χ2v) is 10.4. The van der Waals surface area contributed by atoms with Crippen molar-refractivity contribution < 1.29 is 4.74 Å². The largest absolute Gasteiger partial charge is 0.497 e. The molecule has 3 heteroatoms. The van der Waals surface area contributed by atoms with Crippen molar-refractivity contribution in [2.75, 3.05) is 7.11 Å². The van der Waals surface area contributed by atoms with Gasteiger partial charge in [-0.25, -0.2) is 4.98 Å². The van der Waals surface area contributed by atoms with Gasteiger partial charge in [0.1, 0.15) is 5.75 Å². The fourth-order valence-corrected chi connectivity index (χ4v) is 3.49. The fraction of sp³-hybridized carbons (Fsp3) is 0.0147. The minimum Gasteiger partial charge on any atom is -0.497 e. The first kappa shape index (κ1) is 53.0. The molecule has 3 aromatic rings. The van der Waals surface area contributed by atoms with Gasteiger partial charge in [-0.1, -0.05) is 18.2 Å². The van der Waals surface area contributed by atoms with E-state index in [-0.39, 0.29) is 0 Å². The molecule has 0 atom stereocenters. The third-order valence-electron chi connectivity index (χ3n) is 6.03. The van der Waals surface area contributed by atoms with Crippen molar-refractivity contribution in [2.45, 2.75) is 0 Å². The highest BCUT2D eigenvalue weighted by Gasteiger charge is 2.02. The number of aromatic nitrogens is 2. The zero-order chi connectivity index (χ0) is 50.4. The second-order valence-electron chi connectivity index (χ2n) is 10.4. The number of terminal acetylenes is 2. The van der Waals surface area contributed by atoms with Crippen molar-refractivity contribution in [1.82, 2.24) is 9.97 Å². The summed E-state index contributed by atoms with van der Waals surface area (Å²) in [6, 6.07) is 14.2. The third-order valence-corrected chi connectivity index (χ3v) is 6.03. The van der Waals surface area contributed by atoms with E-state index in [1.54, 1.807) is 13.4 Å². The summed E-state index contributed by atoms with van der Waals surface area (Å²) >= 11 is 0. The highest BCUT2D eigenvalue weighted by molar-refractivity contribution is 5.81. The van der Waals surface area contributed by atoms with Gasteiger partial charge in [0.05, 0.1) is 24.5 Å². The van der Waals surface area contributed by atoms with Gasteiger partial charge in [0, 0.05) is 213 Å². The van der Waals surface area contributed by atoms with Crippen molar-refractivity contribution in [3.05, 3.63) is 48.8 Å². The van der Waals surface area contributed by atoms with Crippen LogP contribution in [0.1, 0.15) is 0 Å². The fourth-order valence-electron chi connectivity index (χ4n) is 3.49. The maximum Gasteiger partial charge on any atom is 0.119 e. The lowest BCUT2D eigenvalue weighted by Gasteiger charge is -2.04. The van der Waals surface area contributed by atoms with Crippen molar-refractivity contribution in [3.8, 4) is 338 Å². The molecule has 0 bridgehead atoms. The van der Waals surface area contributed by atoms with E-state index in [2.05, 4.69) is 336 Å². The van der Waals surface area contributed by atoms with Gasteiger partial charge in [-0.05, 0) is 130 Å². The van der Waals surface area contributed by atoms with Gasteiger partial charge in [0.2, 0.25) is 0 Å². The molecule has 3 nitrogen and oxygen atoms in total. The molecule has 0 aliphatic rings. The summed E-state index contributed by atoms with van der Waals surface area (Å²) in [5, 5.41) is 0. The maximum absolute atomic E-state index is 5.23. The van der Waals surface area contributed by atoms with Crippen LogP contribution in [0.15, 0.2) is 48.8 Å². The van der Waals surface area contributed by atoms with E-state index in [1.165, 1.54) is 0 Å². The molecule has 0 unspecified atom stereocenters. The van der Waals surface area contributed by atoms with Gasteiger partial charge in [-0.15, -0.1) is 12.8 Å². The third kappa shape index (κ3) is 31.4. The summed E-state index contributed by atoms with van der Waals surface area (Å²) in [7, 11) is 1.68. The summed E-state index contributed by atoms with van der Waals surface area (Å²) in [4.78, 5) is 7.32. The second kappa shape index (κ2) is 41.2. The molecule has 1 aromatic heterocycles. The van der Waals surface area contributed by atoms with E-state index in [0.717, 1.165) is 27.9 Å². The molecular formula is C68H14N2O. The van der Waals surface area contributed by atoms with Gasteiger partial charge in [-0.3, -0.25) is 0 Å². The summed E-state index contributed by atoms with van der Waals surface area (Å²) in [6.07, 6.45) is 11.6. The first-order chi connectivity index (χ1) is 35.3. The van der Waals surface area contributed by atoms with Crippen LogP contribution in [0.25, 0.3) is 22.2 Å². The Bertz CT molecular complexity index is 4220. The van der Waals surface area contributed by atoms with Crippen LogP contribution < -0.4 is 4.74 Å². The number of nitrogens with zero attached hydrogens (tertiary/aromatic N) is 1. The SMILES string of the molecule is C#CC#CC#CC#CC#CC#CC#CC#CC#CC#CC#CC#CC#CC#CC#CC#CC#CC#CC#CC#CC#CC#CC#CC#CC#CC#CC#C.COc1cccc(-c2ccc3nc[nH]c3c2)c1. The Balaban J connectivity index is 0.000000833. The number of hydrogen-bond acceptors (Lipinski definition) is 2. The first-order valence-electron chi connectivity index (χ1n) is 18.8. The summed E-state index contributed by atoms with van der Waals surface area (Å²) in [5.74, 6) is 129. The molecule has 0 amide bonds. The smallest absolute Gasteiger partial charge is 0.119 e. The Labute approximate surface area is 417 Å². The normalized spacial score (nSPS) is 5.51. The molecular weight excluding hydrogens is 861 g/mol. The van der Waals surface area contributed by atoms with Crippen LogP contribution in [-0.2, 0) is 0 Å². The Kier molecular flexibility index (Phi) is 30.7. The van der Waals surface area contributed by atoms with Crippen LogP contribution >= 0.6 is 0 Å². The molecule has 1 heterocycles. The molecule has 0 aliphatic heterocycles. The van der Waals surface area contributed by atoms with Crippen LogP contribution in [-0.4, -0.2) is 17.1 Å². The van der Waals surface area contributed by atoms with Gasteiger partial charge < -0.3 is 9.72 Å². The molecule has 0 fully saturated rings. The number of fused-ring (bicyclic) bond motifs is 1. The Hall–Kier alpha value is -14.2. The van der Waals surface area contributed by atoms with Gasteiger partial charge in [-0.2, -0.15) is 0 Å². The molecule has 71 heavy (non-hydrogen) atoms. The topological polar surface area (TPSA) is 37.9 Å².